The van der Waals surface area contributed by atoms with Crippen molar-refractivity contribution in [2.45, 2.75) is 13.1 Å². The van der Waals surface area contributed by atoms with E-state index in [0.717, 1.165) is 34.0 Å². The molecule has 1 aliphatic heterocycles. The first-order valence-corrected chi connectivity index (χ1v) is 7.35. The number of rotatable bonds is 2. The van der Waals surface area contributed by atoms with Crippen LogP contribution in [0.4, 0.5) is 4.39 Å². The molecular weight excluding hydrogens is 295 g/mol. The second kappa shape index (κ2) is 5.48. The van der Waals surface area contributed by atoms with Crippen molar-refractivity contribution in [3.63, 3.8) is 0 Å². The fourth-order valence-corrected chi connectivity index (χ4v) is 2.90. The monoisotopic (exact) mass is 310 g/mol. The second-order valence-corrected chi connectivity index (χ2v) is 5.37. The molecule has 2 aromatic carbocycles. The minimum atomic E-state index is -0.286. The number of aromatic nitrogens is 3. The van der Waals surface area contributed by atoms with Gasteiger partial charge in [-0.3, -0.25) is 0 Å². The number of hydrogen-bond acceptors (Lipinski definition) is 4. The second-order valence-electron chi connectivity index (χ2n) is 5.37. The van der Waals surface area contributed by atoms with E-state index in [9.17, 15) is 4.39 Å². The van der Waals surface area contributed by atoms with Gasteiger partial charge in [-0.15, -0.1) is 5.10 Å². The van der Waals surface area contributed by atoms with Crippen molar-refractivity contribution in [1.82, 2.24) is 20.3 Å². The molecule has 5 nitrogen and oxygen atoms in total. The van der Waals surface area contributed by atoms with Gasteiger partial charge in [0.25, 0.3) is 0 Å². The van der Waals surface area contributed by atoms with Gasteiger partial charge in [0.05, 0.1) is 18.5 Å². The summed E-state index contributed by atoms with van der Waals surface area (Å²) in [6.45, 7) is 1.25. The van der Waals surface area contributed by atoms with Gasteiger partial charge in [-0.1, -0.05) is 23.4 Å². The van der Waals surface area contributed by atoms with Crippen molar-refractivity contribution in [3.05, 3.63) is 59.5 Å². The Morgan fingerprint density at radius 2 is 2.04 bits per heavy atom. The summed E-state index contributed by atoms with van der Waals surface area (Å²) in [5.41, 5.74) is 4.21. The number of hydrogen-bond donors (Lipinski definition) is 1. The minimum absolute atomic E-state index is 0.286. The minimum Gasteiger partial charge on any atom is -0.496 e. The normalized spacial score (nSPS) is 13.1. The number of para-hydroxylation sites is 1. The maximum atomic E-state index is 13.7. The highest BCUT2D eigenvalue weighted by molar-refractivity contribution is 5.69. The molecule has 0 radical (unpaired) electrons. The molecule has 6 heteroatoms. The van der Waals surface area contributed by atoms with E-state index in [2.05, 4.69) is 15.6 Å². The lowest BCUT2D eigenvalue weighted by Gasteiger charge is -2.08. The Hall–Kier alpha value is -2.73. The molecule has 0 unspecified atom stereocenters. The standard InChI is InChI=1S/C17H15FN4O/c1-23-16-5-3-2-4-13(16)17-15-10-19-9-11-6-7-12(18)8-14(11)22(15)21-20-17/h2-8,19H,9-10H2,1H3. The van der Waals surface area contributed by atoms with Crippen LogP contribution < -0.4 is 10.1 Å². The third-order valence-electron chi connectivity index (χ3n) is 4.01. The summed E-state index contributed by atoms with van der Waals surface area (Å²) >= 11 is 0. The number of methoxy groups -OCH3 is 1. The molecule has 0 aliphatic carbocycles. The Kier molecular flexibility index (Phi) is 3.31. The van der Waals surface area contributed by atoms with Crippen molar-refractivity contribution in [2.75, 3.05) is 7.11 Å². The van der Waals surface area contributed by atoms with E-state index in [4.69, 9.17) is 4.74 Å². The van der Waals surface area contributed by atoms with Crippen molar-refractivity contribution in [2.24, 2.45) is 0 Å². The van der Waals surface area contributed by atoms with Gasteiger partial charge in [-0.05, 0) is 29.8 Å². The predicted octanol–water partition coefficient (Wildman–Crippen LogP) is 2.69. The van der Waals surface area contributed by atoms with E-state index in [-0.39, 0.29) is 5.82 Å². The first kappa shape index (κ1) is 13.9. The zero-order valence-corrected chi connectivity index (χ0v) is 12.6. The number of nitrogens with zero attached hydrogens (tertiary/aromatic N) is 3. The van der Waals surface area contributed by atoms with Gasteiger partial charge in [0.2, 0.25) is 0 Å². The van der Waals surface area contributed by atoms with Crippen LogP contribution in [0.25, 0.3) is 16.9 Å². The van der Waals surface area contributed by atoms with E-state index in [1.807, 2.05) is 24.3 Å². The lowest BCUT2D eigenvalue weighted by Crippen LogP contribution is -2.11. The highest BCUT2D eigenvalue weighted by atomic mass is 19.1. The Balaban J connectivity index is 1.92. The summed E-state index contributed by atoms with van der Waals surface area (Å²) in [6, 6.07) is 12.4. The van der Waals surface area contributed by atoms with Gasteiger partial charge in [-0.25, -0.2) is 9.07 Å². The zero-order valence-electron chi connectivity index (χ0n) is 12.6. The van der Waals surface area contributed by atoms with Gasteiger partial charge < -0.3 is 10.1 Å². The van der Waals surface area contributed by atoms with Gasteiger partial charge in [0.15, 0.2) is 0 Å². The van der Waals surface area contributed by atoms with Crippen molar-refractivity contribution >= 4 is 0 Å². The fraction of sp³-hybridized carbons (Fsp3) is 0.176. The Bertz CT molecular complexity index is 875. The summed E-state index contributed by atoms with van der Waals surface area (Å²) in [5, 5.41) is 11.9. The highest BCUT2D eigenvalue weighted by Crippen LogP contribution is 2.32. The molecule has 0 atom stereocenters. The molecule has 0 bridgehead atoms. The maximum Gasteiger partial charge on any atom is 0.128 e. The number of halogens is 1. The summed E-state index contributed by atoms with van der Waals surface area (Å²) in [5.74, 6) is 0.449. The van der Waals surface area contributed by atoms with Crippen LogP contribution in [-0.4, -0.2) is 22.1 Å². The molecule has 116 valence electrons. The third kappa shape index (κ3) is 2.27. The summed E-state index contributed by atoms with van der Waals surface area (Å²) in [6.07, 6.45) is 0. The third-order valence-corrected chi connectivity index (χ3v) is 4.01. The number of benzene rings is 2. The lowest BCUT2D eigenvalue weighted by molar-refractivity contribution is 0.416. The SMILES string of the molecule is COc1ccccc1-c1nnn2c1CNCc1ccc(F)cc1-2. The van der Waals surface area contributed by atoms with Crippen LogP contribution in [0.3, 0.4) is 0 Å². The quantitative estimate of drug-likeness (QED) is 0.791. The Morgan fingerprint density at radius 3 is 2.91 bits per heavy atom. The molecule has 0 amide bonds. The topological polar surface area (TPSA) is 52.0 Å². The van der Waals surface area contributed by atoms with Crippen molar-refractivity contribution < 1.29 is 9.13 Å². The van der Waals surface area contributed by atoms with Gasteiger partial charge in [0, 0.05) is 18.7 Å². The summed E-state index contributed by atoms with van der Waals surface area (Å²) < 4.78 is 20.8. The Labute approximate surface area is 132 Å². The first-order valence-electron chi connectivity index (χ1n) is 7.35. The van der Waals surface area contributed by atoms with Crippen molar-refractivity contribution in [1.29, 1.82) is 0 Å². The van der Waals surface area contributed by atoms with E-state index in [0.29, 0.717) is 13.1 Å². The lowest BCUT2D eigenvalue weighted by atomic mass is 10.1. The van der Waals surface area contributed by atoms with Crippen LogP contribution in [-0.2, 0) is 13.1 Å². The molecular formula is C17H15FN4O. The number of ether oxygens (including phenoxy) is 1. The molecule has 4 rings (SSSR count). The number of nitrogens with one attached hydrogen (secondary N) is 1. The molecule has 1 aliphatic rings. The van der Waals surface area contributed by atoms with E-state index in [1.165, 1.54) is 12.1 Å². The van der Waals surface area contributed by atoms with Crippen LogP contribution >= 0.6 is 0 Å². The van der Waals surface area contributed by atoms with E-state index in [1.54, 1.807) is 17.9 Å². The molecule has 2 heterocycles. The van der Waals surface area contributed by atoms with Gasteiger partial charge in [-0.2, -0.15) is 0 Å². The zero-order chi connectivity index (χ0) is 15.8. The molecule has 0 fully saturated rings. The number of fused-ring (bicyclic) bond motifs is 3. The summed E-state index contributed by atoms with van der Waals surface area (Å²) in [4.78, 5) is 0. The van der Waals surface area contributed by atoms with Crippen LogP contribution in [0.5, 0.6) is 5.75 Å². The largest absolute Gasteiger partial charge is 0.496 e. The average Bonchev–Trinajstić information content (AvgIpc) is 2.91. The molecule has 1 N–H and O–H groups in total. The first-order chi connectivity index (χ1) is 11.3. The van der Waals surface area contributed by atoms with Gasteiger partial charge >= 0.3 is 0 Å². The fourth-order valence-electron chi connectivity index (χ4n) is 2.90. The smallest absolute Gasteiger partial charge is 0.128 e. The molecule has 0 saturated heterocycles. The highest BCUT2D eigenvalue weighted by Gasteiger charge is 2.22. The van der Waals surface area contributed by atoms with Crippen LogP contribution in [0.2, 0.25) is 0 Å². The predicted molar refractivity (Wildman–Crippen MR) is 83.8 cm³/mol. The van der Waals surface area contributed by atoms with Crippen LogP contribution in [0.1, 0.15) is 11.3 Å². The van der Waals surface area contributed by atoms with Crippen LogP contribution in [0.15, 0.2) is 42.5 Å². The molecule has 0 saturated carbocycles. The average molecular weight is 310 g/mol. The molecule has 0 spiro atoms. The maximum absolute atomic E-state index is 13.7. The van der Waals surface area contributed by atoms with Crippen LogP contribution in [0, 0.1) is 5.82 Å². The molecule has 3 aromatic rings. The van der Waals surface area contributed by atoms with E-state index < -0.39 is 0 Å². The van der Waals surface area contributed by atoms with Gasteiger partial charge in [0.1, 0.15) is 17.3 Å². The van der Waals surface area contributed by atoms with Crippen molar-refractivity contribution in [3.8, 4) is 22.7 Å². The molecule has 1 aromatic heterocycles. The summed E-state index contributed by atoms with van der Waals surface area (Å²) in [7, 11) is 1.63. The Morgan fingerprint density at radius 1 is 1.17 bits per heavy atom. The molecule has 23 heavy (non-hydrogen) atoms. The van der Waals surface area contributed by atoms with E-state index >= 15 is 0 Å².